The van der Waals surface area contributed by atoms with Crippen LogP contribution in [0.3, 0.4) is 0 Å². The Morgan fingerprint density at radius 1 is 1.15 bits per heavy atom. The Morgan fingerprint density at radius 3 is 2.47 bits per heavy atom. The monoisotopic (exact) mass is 512 g/mol. The largest absolute Gasteiger partial charge is 0.416 e. The Morgan fingerprint density at radius 2 is 1.85 bits per heavy atom. The summed E-state index contributed by atoms with van der Waals surface area (Å²) in [4.78, 5) is 14.4. The van der Waals surface area contributed by atoms with Crippen molar-refractivity contribution in [1.29, 1.82) is 0 Å². The zero-order valence-corrected chi connectivity index (χ0v) is 19.5. The second-order valence-electron chi connectivity index (χ2n) is 8.68. The molecule has 0 atom stereocenters. The summed E-state index contributed by atoms with van der Waals surface area (Å²) >= 11 is 6.11. The maximum absolute atomic E-state index is 12.9. The van der Waals surface area contributed by atoms with Crippen LogP contribution < -0.4 is 9.62 Å². The van der Waals surface area contributed by atoms with E-state index < -0.39 is 32.9 Å². The van der Waals surface area contributed by atoms with Crippen molar-refractivity contribution < 1.29 is 26.4 Å². The van der Waals surface area contributed by atoms with Gasteiger partial charge in [0, 0.05) is 37.0 Å². The van der Waals surface area contributed by atoms with E-state index in [9.17, 15) is 26.4 Å². The van der Waals surface area contributed by atoms with Crippen LogP contribution in [0.1, 0.15) is 40.4 Å². The number of halogens is 4. The molecule has 1 aromatic heterocycles. The van der Waals surface area contributed by atoms with E-state index in [2.05, 4.69) is 9.82 Å². The van der Waals surface area contributed by atoms with Gasteiger partial charge in [0.2, 0.25) is 10.0 Å². The van der Waals surface area contributed by atoms with E-state index >= 15 is 0 Å². The molecule has 1 saturated heterocycles. The van der Waals surface area contributed by atoms with Gasteiger partial charge < -0.3 is 4.90 Å². The molecule has 34 heavy (non-hydrogen) atoms. The number of aromatic nitrogens is 2. The number of anilines is 1. The summed E-state index contributed by atoms with van der Waals surface area (Å²) in [6.07, 6.45) is -3.34. The fraction of sp³-hybridized carbons (Fsp3) is 0.364. The number of nitrogens with zero attached hydrogens (tertiary/aromatic N) is 3. The molecule has 180 valence electrons. The second-order valence-corrected chi connectivity index (χ2v) is 11.1. The summed E-state index contributed by atoms with van der Waals surface area (Å²) in [5.74, 6) is -0.653. The number of sulfonamides is 1. The lowest BCUT2D eigenvalue weighted by Gasteiger charge is -2.41. The predicted octanol–water partition coefficient (Wildman–Crippen LogP) is 4.07. The lowest BCUT2D eigenvalue weighted by atomic mass is 9.93. The average Bonchev–Trinajstić information content (AvgIpc) is 3.53. The Kier molecular flexibility index (Phi) is 5.32. The lowest BCUT2D eigenvalue weighted by Crippen LogP contribution is -2.45. The minimum absolute atomic E-state index is 0.0250. The highest BCUT2D eigenvalue weighted by molar-refractivity contribution is 7.91. The number of nitrogens with one attached hydrogen (secondary N) is 1. The van der Waals surface area contributed by atoms with Crippen molar-refractivity contribution in [2.45, 2.75) is 30.2 Å². The first-order chi connectivity index (χ1) is 15.9. The van der Waals surface area contributed by atoms with Gasteiger partial charge in [-0.1, -0.05) is 17.7 Å². The summed E-state index contributed by atoms with van der Waals surface area (Å²) in [7, 11) is -1.91. The molecule has 0 bridgehead atoms. The molecular weight excluding hydrogens is 493 g/mol. The molecule has 1 aliphatic carbocycles. The van der Waals surface area contributed by atoms with Crippen LogP contribution in [0.2, 0.25) is 5.02 Å². The highest BCUT2D eigenvalue weighted by Gasteiger charge is 2.37. The SMILES string of the molecule is Cn1nc(C2CN(c3ccc(C(F)(F)F)cc3Cl)C2)c2ccc(C(=O)NS(=O)(=O)C3CC3)cc21. The first-order valence-electron chi connectivity index (χ1n) is 10.6. The topological polar surface area (TPSA) is 84.3 Å². The number of hydrogen-bond donors (Lipinski definition) is 1. The predicted molar refractivity (Wildman–Crippen MR) is 122 cm³/mol. The summed E-state index contributed by atoms with van der Waals surface area (Å²) in [6, 6.07) is 8.22. The Labute approximate surface area is 198 Å². The van der Waals surface area contributed by atoms with Crippen LogP contribution in [0, 0.1) is 0 Å². The minimum atomic E-state index is -4.45. The summed E-state index contributed by atoms with van der Waals surface area (Å²) in [5.41, 5.74) is 1.44. The van der Waals surface area contributed by atoms with Crippen molar-refractivity contribution in [3.05, 3.63) is 58.2 Å². The van der Waals surface area contributed by atoms with Gasteiger partial charge in [-0.15, -0.1) is 0 Å². The molecule has 7 nitrogen and oxygen atoms in total. The van der Waals surface area contributed by atoms with E-state index in [1.807, 2.05) is 4.90 Å². The standard InChI is InChI=1S/C22H20ClF3N4O3S/c1-29-19-8-12(21(31)28-34(32,33)15-4-5-15)2-6-16(19)20(27-29)13-10-30(11-13)18-7-3-14(9-17(18)23)22(24,25)26/h2-3,6-9,13,15H,4-5,10-11H2,1H3,(H,28,31). The molecule has 0 radical (unpaired) electrons. The third kappa shape index (κ3) is 4.11. The van der Waals surface area contributed by atoms with Crippen molar-refractivity contribution in [1.82, 2.24) is 14.5 Å². The molecule has 2 fully saturated rings. The third-order valence-corrected chi connectivity index (χ3v) is 8.35. The molecule has 3 aromatic rings. The van der Waals surface area contributed by atoms with E-state index in [-0.39, 0.29) is 16.5 Å². The van der Waals surface area contributed by atoms with Crippen molar-refractivity contribution in [2.24, 2.45) is 7.05 Å². The zero-order valence-electron chi connectivity index (χ0n) is 17.9. The normalized spacial score (nSPS) is 17.1. The van der Waals surface area contributed by atoms with Gasteiger partial charge in [0.15, 0.2) is 0 Å². The van der Waals surface area contributed by atoms with E-state index in [4.69, 9.17) is 11.6 Å². The van der Waals surface area contributed by atoms with Gasteiger partial charge in [-0.2, -0.15) is 18.3 Å². The van der Waals surface area contributed by atoms with Crippen LogP contribution in [-0.4, -0.2) is 42.4 Å². The highest BCUT2D eigenvalue weighted by atomic mass is 35.5. The number of aryl methyl sites for hydroxylation is 1. The van der Waals surface area contributed by atoms with Crippen LogP contribution >= 0.6 is 11.6 Å². The van der Waals surface area contributed by atoms with Gasteiger partial charge in [-0.05, 0) is 43.2 Å². The van der Waals surface area contributed by atoms with E-state index in [0.717, 1.165) is 23.2 Å². The van der Waals surface area contributed by atoms with Crippen molar-refractivity contribution in [2.75, 3.05) is 18.0 Å². The lowest BCUT2D eigenvalue weighted by molar-refractivity contribution is -0.137. The van der Waals surface area contributed by atoms with Gasteiger partial charge in [0.25, 0.3) is 5.91 Å². The molecule has 2 heterocycles. The zero-order chi connectivity index (χ0) is 24.4. The van der Waals surface area contributed by atoms with Gasteiger partial charge in [0.05, 0.1) is 32.7 Å². The first kappa shape index (κ1) is 23.0. The Bertz CT molecular complexity index is 1410. The Hall–Kier alpha value is -2.79. The summed E-state index contributed by atoms with van der Waals surface area (Å²) < 4.78 is 66.6. The smallest absolute Gasteiger partial charge is 0.369 e. The fourth-order valence-corrected chi connectivity index (χ4v) is 5.77. The molecule has 1 saturated carbocycles. The first-order valence-corrected chi connectivity index (χ1v) is 12.5. The number of fused-ring (bicyclic) bond motifs is 1. The molecule has 12 heteroatoms. The van der Waals surface area contributed by atoms with Gasteiger partial charge in [-0.3, -0.25) is 9.48 Å². The molecule has 2 aromatic carbocycles. The van der Waals surface area contributed by atoms with Gasteiger partial charge >= 0.3 is 6.18 Å². The number of rotatable bonds is 5. The maximum Gasteiger partial charge on any atom is 0.416 e. The number of hydrogen-bond acceptors (Lipinski definition) is 5. The average molecular weight is 513 g/mol. The maximum atomic E-state index is 12.9. The van der Waals surface area contributed by atoms with Crippen LogP contribution in [0.25, 0.3) is 10.9 Å². The number of carbonyl (C=O) groups is 1. The van der Waals surface area contributed by atoms with Crippen molar-refractivity contribution >= 4 is 44.1 Å². The third-order valence-electron chi connectivity index (χ3n) is 6.22. The molecular formula is C22H20ClF3N4O3S. The number of amides is 1. The van der Waals surface area contributed by atoms with Crippen molar-refractivity contribution in [3.8, 4) is 0 Å². The molecule has 1 N–H and O–H groups in total. The molecule has 2 aliphatic rings. The molecule has 0 spiro atoms. The van der Waals surface area contributed by atoms with Gasteiger partial charge in [0.1, 0.15) is 0 Å². The summed E-state index contributed by atoms with van der Waals surface area (Å²) in [5, 5.41) is 4.95. The molecule has 5 rings (SSSR count). The highest BCUT2D eigenvalue weighted by Crippen LogP contribution is 2.40. The fourth-order valence-electron chi connectivity index (χ4n) is 4.17. The minimum Gasteiger partial charge on any atom is -0.369 e. The number of alkyl halides is 3. The van der Waals surface area contributed by atoms with Gasteiger partial charge in [-0.25, -0.2) is 13.1 Å². The summed E-state index contributed by atoms with van der Waals surface area (Å²) in [6.45, 7) is 1.05. The molecule has 1 aliphatic heterocycles. The van der Waals surface area contributed by atoms with E-state index in [0.29, 0.717) is 37.1 Å². The Balaban J connectivity index is 1.33. The van der Waals surface area contributed by atoms with Crippen LogP contribution in [-0.2, 0) is 23.2 Å². The quantitative estimate of drug-likeness (QED) is 0.557. The van der Waals surface area contributed by atoms with Crippen LogP contribution in [0.4, 0.5) is 18.9 Å². The molecule has 1 amide bonds. The number of carbonyl (C=O) groups excluding carboxylic acids is 1. The number of benzene rings is 2. The molecule has 0 unspecified atom stereocenters. The second kappa shape index (κ2) is 7.88. The van der Waals surface area contributed by atoms with Crippen LogP contribution in [0.5, 0.6) is 0 Å². The van der Waals surface area contributed by atoms with E-state index in [1.165, 1.54) is 6.07 Å². The van der Waals surface area contributed by atoms with Crippen molar-refractivity contribution in [3.63, 3.8) is 0 Å². The van der Waals surface area contributed by atoms with E-state index in [1.54, 1.807) is 29.9 Å². The van der Waals surface area contributed by atoms with Crippen LogP contribution in [0.15, 0.2) is 36.4 Å².